The molecule has 1 heterocycles. The van der Waals surface area contributed by atoms with Crippen LogP contribution in [-0.2, 0) is 22.6 Å². The van der Waals surface area contributed by atoms with Crippen molar-refractivity contribution in [1.82, 2.24) is 5.32 Å². The molecule has 1 saturated heterocycles. The van der Waals surface area contributed by atoms with Gasteiger partial charge in [0.2, 0.25) is 0 Å². The average Bonchev–Trinajstić information content (AvgIpc) is 2.68. The molecule has 0 spiro atoms. The first-order valence-electron chi connectivity index (χ1n) is 9.26. The summed E-state index contributed by atoms with van der Waals surface area (Å²) in [5.41, 5.74) is 2.69. The number of amides is 2. The van der Waals surface area contributed by atoms with Crippen molar-refractivity contribution in [3.63, 3.8) is 0 Å². The topological polar surface area (TPSA) is 59.6 Å². The van der Waals surface area contributed by atoms with E-state index in [-0.39, 0.29) is 12.1 Å². The van der Waals surface area contributed by atoms with E-state index in [4.69, 9.17) is 21.1 Å². The maximum absolute atomic E-state index is 12.1. The third-order valence-corrected chi connectivity index (χ3v) is 4.61. The van der Waals surface area contributed by atoms with E-state index < -0.39 is 0 Å². The zero-order valence-electron chi connectivity index (χ0n) is 15.2. The SMILES string of the molecule is O=C(NCc1cccc(Cl)c1)Nc1cccc(COCC2CCCCO2)c1. The van der Waals surface area contributed by atoms with E-state index >= 15 is 0 Å². The molecule has 0 aromatic heterocycles. The predicted octanol–water partition coefficient (Wildman–Crippen LogP) is 4.75. The molecule has 0 saturated carbocycles. The molecule has 27 heavy (non-hydrogen) atoms. The highest BCUT2D eigenvalue weighted by molar-refractivity contribution is 6.30. The van der Waals surface area contributed by atoms with E-state index in [0.717, 1.165) is 36.3 Å². The number of hydrogen-bond donors (Lipinski definition) is 2. The average molecular weight is 389 g/mol. The lowest BCUT2D eigenvalue weighted by atomic mass is 10.1. The monoisotopic (exact) mass is 388 g/mol. The molecule has 2 aromatic rings. The molecular weight excluding hydrogens is 364 g/mol. The van der Waals surface area contributed by atoms with Crippen molar-refractivity contribution in [2.45, 2.75) is 38.5 Å². The predicted molar refractivity (Wildman–Crippen MR) is 107 cm³/mol. The van der Waals surface area contributed by atoms with E-state index in [1.54, 1.807) is 6.07 Å². The Labute approximate surface area is 165 Å². The number of carbonyl (C=O) groups excluding carboxylic acids is 1. The first-order chi connectivity index (χ1) is 13.2. The van der Waals surface area contributed by atoms with Crippen molar-refractivity contribution in [3.05, 3.63) is 64.7 Å². The number of hydrogen-bond acceptors (Lipinski definition) is 3. The molecule has 1 fully saturated rings. The van der Waals surface area contributed by atoms with E-state index in [9.17, 15) is 4.79 Å². The Bertz CT molecular complexity index is 748. The number of carbonyl (C=O) groups is 1. The third-order valence-electron chi connectivity index (χ3n) is 4.37. The minimum atomic E-state index is -0.261. The molecular formula is C21H25ClN2O3. The number of ether oxygens (including phenoxy) is 2. The van der Waals surface area contributed by atoms with E-state index in [0.29, 0.717) is 24.8 Å². The molecule has 1 atom stereocenters. The zero-order valence-corrected chi connectivity index (χ0v) is 16.0. The molecule has 2 aromatic carbocycles. The van der Waals surface area contributed by atoms with Gasteiger partial charge in [-0.2, -0.15) is 0 Å². The summed E-state index contributed by atoms with van der Waals surface area (Å²) in [6.07, 6.45) is 3.62. The van der Waals surface area contributed by atoms with Gasteiger partial charge in [-0.25, -0.2) is 4.79 Å². The molecule has 1 aliphatic rings. The molecule has 1 unspecified atom stereocenters. The van der Waals surface area contributed by atoms with Crippen molar-refractivity contribution in [2.75, 3.05) is 18.5 Å². The smallest absolute Gasteiger partial charge is 0.319 e. The molecule has 3 rings (SSSR count). The molecule has 0 aliphatic carbocycles. The Morgan fingerprint density at radius 2 is 2.00 bits per heavy atom. The maximum atomic E-state index is 12.1. The van der Waals surface area contributed by atoms with Crippen LogP contribution in [0.2, 0.25) is 5.02 Å². The minimum Gasteiger partial charge on any atom is -0.376 e. The van der Waals surface area contributed by atoms with Crippen LogP contribution in [0.3, 0.4) is 0 Å². The van der Waals surface area contributed by atoms with E-state index in [1.165, 1.54) is 6.42 Å². The summed E-state index contributed by atoms with van der Waals surface area (Å²) in [7, 11) is 0. The second-order valence-electron chi connectivity index (χ2n) is 6.64. The fourth-order valence-electron chi connectivity index (χ4n) is 2.99. The van der Waals surface area contributed by atoms with Gasteiger partial charge in [-0.15, -0.1) is 0 Å². The standard InChI is InChI=1S/C21H25ClN2O3/c22-18-7-3-5-16(11-18)13-23-21(25)24-19-8-4-6-17(12-19)14-26-15-20-9-1-2-10-27-20/h3-8,11-12,20H,1-2,9-10,13-15H2,(H2,23,24,25). The van der Waals surface area contributed by atoms with Crippen molar-refractivity contribution < 1.29 is 14.3 Å². The fraction of sp³-hybridized carbons (Fsp3) is 0.381. The number of nitrogens with one attached hydrogen (secondary N) is 2. The molecule has 6 heteroatoms. The zero-order chi connectivity index (χ0) is 18.9. The van der Waals surface area contributed by atoms with Gasteiger partial charge in [0.15, 0.2) is 0 Å². The van der Waals surface area contributed by atoms with Gasteiger partial charge in [0.05, 0.1) is 19.3 Å². The molecule has 2 amide bonds. The number of anilines is 1. The van der Waals surface area contributed by atoms with Crippen molar-refractivity contribution >= 4 is 23.3 Å². The van der Waals surface area contributed by atoms with Gasteiger partial charge < -0.3 is 20.1 Å². The van der Waals surface area contributed by atoms with Crippen LogP contribution in [-0.4, -0.2) is 25.3 Å². The second-order valence-corrected chi connectivity index (χ2v) is 7.08. The van der Waals surface area contributed by atoms with Crippen LogP contribution >= 0.6 is 11.6 Å². The summed E-state index contributed by atoms with van der Waals surface area (Å²) in [5.74, 6) is 0. The van der Waals surface area contributed by atoms with E-state index in [1.807, 2.05) is 42.5 Å². The largest absolute Gasteiger partial charge is 0.376 e. The highest BCUT2D eigenvalue weighted by atomic mass is 35.5. The number of halogens is 1. The first-order valence-corrected chi connectivity index (χ1v) is 9.64. The lowest BCUT2D eigenvalue weighted by Gasteiger charge is -2.22. The fourth-order valence-corrected chi connectivity index (χ4v) is 3.20. The van der Waals surface area contributed by atoms with Gasteiger partial charge in [-0.05, 0) is 54.7 Å². The van der Waals surface area contributed by atoms with Crippen LogP contribution in [0.15, 0.2) is 48.5 Å². The van der Waals surface area contributed by atoms with Crippen molar-refractivity contribution in [2.24, 2.45) is 0 Å². The highest BCUT2D eigenvalue weighted by Crippen LogP contribution is 2.15. The third kappa shape index (κ3) is 6.86. The second kappa shape index (κ2) is 10.3. The summed E-state index contributed by atoms with van der Waals surface area (Å²) in [4.78, 5) is 12.1. The molecule has 0 radical (unpaired) electrons. The first kappa shape index (κ1) is 19.7. The van der Waals surface area contributed by atoms with Crippen LogP contribution in [0.1, 0.15) is 30.4 Å². The Balaban J connectivity index is 1.43. The molecule has 144 valence electrons. The summed E-state index contributed by atoms with van der Waals surface area (Å²) < 4.78 is 11.4. The minimum absolute atomic E-state index is 0.206. The quantitative estimate of drug-likeness (QED) is 0.719. The lowest BCUT2D eigenvalue weighted by molar-refractivity contribution is -0.0447. The van der Waals surface area contributed by atoms with Gasteiger partial charge in [0.1, 0.15) is 0 Å². The summed E-state index contributed by atoms with van der Waals surface area (Å²) in [6.45, 7) is 2.35. The lowest BCUT2D eigenvalue weighted by Crippen LogP contribution is -2.28. The number of rotatable bonds is 7. The Kier molecular flexibility index (Phi) is 7.51. The van der Waals surface area contributed by atoms with Crippen LogP contribution < -0.4 is 10.6 Å². The molecule has 5 nitrogen and oxygen atoms in total. The normalized spacial score (nSPS) is 16.7. The van der Waals surface area contributed by atoms with Crippen LogP contribution in [0.4, 0.5) is 10.5 Å². The Hall–Kier alpha value is -2.08. The Morgan fingerprint density at radius 1 is 1.15 bits per heavy atom. The summed E-state index contributed by atoms with van der Waals surface area (Å²) in [6, 6.07) is 14.8. The Morgan fingerprint density at radius 3 is 2.81 bits per heavy atom. The number of urea groups is 1. The van der Waals surface area contributed by atoms with Gasteiger partial charge in [0, 0.05) is 23.9 Å². The summed E-state index contributed by atoms with van der Waals surface area (Å²) in [5, 5.41) is 6.32. The van der Waals surface area contributed by atoms with E-state index in [2.05, 4.69) is 10.6 Å². The summed E-state index contributed by atoms with van der Waals surface area (Å²) >= 11 is 5.95. The molecule has 0 bridgehead atoms. The van der Waals surface area contributed by atoms with Crippen molar-refractivity contribution in [1.29, 1.82) is 0 Å². The van der Waals surface area contributed by atoms with Crippen LogP contribution in [0, 0.1) is 0 Å². The van der Waals surface area contributed by atoms with Gasteiger partial charge >= 0.3 is 6.03 Å². The van der Waals surface area contributed by atoms with Gasteiger partial charge in [-0.1, -0.05) is 35.9 Å². The highest BCUT2D eigenvalue weighted by Gasteiger charge is 2.13. The number of benzene rings is 2. The van der Waals surface area contributed by atoms with Crippen LogP contribution in [0.5, 0.6) is 0 Å². The van der Waals surface area contributed by atoms with Crippen LogP contribution in [0.25, 0.3) is 0 Å². The molecule has 1 aliphatic heterocycles. The van der Waals surface area contributed by atoms with Crippen molar-refractivity contribution in [3.8, 4) is 0 Å². The molecule has 2 N–H and O–H groups in total. The van der Waals surface area contributed by atoms with Gasteiger partial charge in [0.25, 0.3) is 0 Å². The van der Waals surface area contributed by atoms with Gasteiger partial charge in [-0.3, -0.25) is 0 Å². The maximum Gasteiger partial charge on any atom is 0.319 e.